The molecule has 0 aliphatic heterocycles. The molecule has 0 heterocycles. The highest BCUT2D eigenvalue weighted by Crippen LogP contribution is 2.26. The number of nitrogens with zero attached hydrogens (tertiary/aromatic N) is 1. The van der Waals surface area contributed by atoms with Crippen LogP contribution in [-0.4, -0.2) is 0 Å². The van der Waals surface area contributed by atoms with Gasteiger partial charge in [-0.1, -0.05) is 24.7 Å². The summed E-state index contributed by atoms with van der Waals surface area (Å²) in [6, 6.07) is 3.93. The van der Waals surface area contributed by atoms with Crippen LogP contribution in [-0.2, 0) is 4.74 Å². The van der Waals surface area contributed by atoms with E-state index in [9.17, 15) is 0 Å². The Kier molecular flexibility index (Phi) is 6.71. The van der Waals surface area contributed by atoms with E-state index >= 15 is 0 Å². The molecule has 0 aliphatic carbocycles. The highest BCUT2D eigenvalue weighted by molar-refractivity contribution is 5.59. The van der Waals surface area contributed by atoms with Crippen LogP contribution in [0.15, 0.2) is 41.2 Å². The van der Waals surface area contributed by atoms with E-state index in [1.807, 2.05) is 65.0 Å². The van der Waals surface area contributed by atoms with Crippen LogP contribution in [0.25, 0.3) is 6.08 Å². The molecule has 0 bridgehead atoms. The highest BCUT2D eigenvalue weighted by atomic mass is 16.5. The van der Waals surface area contributed by atoms with Crippen LogP contribution in [0.4, 0.5) is 0 Å². The number of nitriles is 1. The molecule has 0 aliphatic rings. The lowest BCUT2D eigenvalue weighted by molar-refractivity contribution is 0.391. The van der Waals surface area contributed by atoms with Crippen molar-refractivity contribution in [1.29, 1.82) is 5.26 Å². The molecule has 0 spiro atoms. The molecule has 0 saturated carbocycles. The van der Waals surface area contributed by atoms with Crippen molar-refractivity contribution in [1.82, 2.24) is 0 Å². The van der Waals surface area contributed by atoms with Gasteiger partial charge in [-0.2, -0.15) is 0 Å². The zero-order valence-corrected chi connectivity index (χ0v) is 14.2. The van der Waals surface area contributed by atoms with E-state index in [4.69, 9.17) is 21.2 Å². The van der Waals surface area contributed by atoms with Crippen molar-refractivity contribution in [2.45, 2.75) is 34.6 Å². The fourth-order valence-corrected chi connectivity index (χ4v) is 2.25. The number of rotatable bonds is 5. The topological polar surface area (TPSA) is 42.2 Å². The monoisotopic (exact) mass is 307 g/mol. The quantitative estimate of drug-likeness (QED) is 0.332. The van der Waals surface area contributed by atoms with Crippen LogP contribution in [0.2, 0.25) is 0 Å². The lowest BCUT2D eigenvalue weighted by Gasteiger charge is -2.08. The standard InChI is InChI=1S/C20H21NO2/c1-7-14(3)19(22-8-2)15(4)9-10-18-11-16(5)20(23-13-21)17(6)12-18/h2,7,9-12H,1,3-6H3/b10-9+,14-7-,19-15+. The van der Waals surface area contributed by atoms with Gasteiger partial charge >= 0.3 is 0 Å². The number of allylic oxidation sites excluding steroid dienone is 4. The van der Waals surface area contributed by atoms with Crippen LogP contribution >= 0.6 is 0 Å². The maximum Gasteiger partial charge on any atom is 0.292 e. The second-order valence-electron chi connectivity index (χ2n) is 5.21. The number of terminal acetylenes is 1. The van der Waals surface area contributed by atoms with Crippen LogP contribution < -0.4 is 4.74 Å². The van der Waals surface area contributed by atoms with E-state index in [0.29, 0.717) is 11.5 Å². The maximum absolute atomic E-state index is 8.67. The molecule has 0 unspecified atom stereocenters. The van der Waals surface area contributed by atoms with Gasteiger partial charge in [-0.25, -0.2) is 0 Å². The van der Waals surface area contributed by atoms with Crippen LogP contribution in [0.1, 0.15) is 37.5 Å². The molecule has 0 aromatic heterocycles. The lowest BCUT2D eigenvalue weighted by atomic mass is 10.0. The van der Waals surface area contributed by atoms with Crippen molar-refractivity contribution >= 4 is 6.08 Å². The van der Waals surface area contributed by atoms with E-state index in [-0.39, 0.29) is 0 Å². The summed E-state index contributed by atoms with van der Waals surface area (Å²) in [5.41, 5.74) is 4.76. The lowest BCUT2D eigenvalue weighted by Crippen LogP contribution is -1.93. The van der Waals surface area contributed by atoms with Gasteiger partial charge in [0, 0.05) is 0 Å². The second kappa shape index (κ2) is 8.51. The van der Waals surface area contributed by atoms with Gasteiger partial charge in [-0.05, 0) is 74.6 Å². The molecular weight excluding hydrogens is 286 g/mol. The Bertz CT molecular complexity index is 730. The van der Waals surface area contributed by atoms with Gasteiger partial charge in [0.1, 0.15) is 17.6 Å². The molecule has 3 heteroatoms. The van der Waals surface area contributed by atoms with Gasteiger partial charge in [0.25, 0.3) is 6.26 Å². The van der Waals surface area contributed by atoms with E-state index < -0.39 is 0 Å². The number of ether oxygens (including phenoxy) is 2. The third-order valence-electron chi connectivity index (χ3n) is 3.47. The number of aryl methyl sites for hydroxylation is 2. The van der Waals surface area contributed by atoms with Crippen LogP contribution in [0.5, 0.6) is 5.75 Å². The number of hydrogen-bond donors (Lipinski definition) is 0. The minimum absolute atomic E-state index is 0.609. The third-order valence-corrected chi connectivity index (χ3v) is 3.47. The van der Waals surface area contributed by atoms with E-state index in [1.54, 1.807) is 6.26 Å². The normalized spacial score (nSPS) is 12.4. The summed E-state index contributed by atoms with van der Waals surface area (Å²) < 4.78 is 10.3. The van der Waals surface area contributed by atoms with Gasteiger partial charge < -0.3 is 9.47 Å². The molecule has 0 amide bonds. The molecule has 0 fully saturated rings. The number of benzene rings is 1. The largest absolute Gasteiger partial charge is 0.407 e. The smallest absolute Gasteiger partial charge is 0.292 e. The number of hydrogen-bond acceptors (Lipinski definition) is 3. The van der Waals surface area contributed by atoms with E-state index in [1.165, 1.54) is 0 Å². The summed E-state index contributed by atoms with van der Waals surface area (Å²) in [7, 11) is 0. The zero-order valence-electron chi connectivity index (χ0n) is 14.2. The molecule has 1 rings (SSSR count). The molecule has 0 atom stereocenters. The Morgan fingerprint density at radius 1 is 1.22 bits per heavy atom. The zero-order chi connectivity index (χ0) is 17.4. The fourth-order valence-electron chi connectivity index (χ4n) is 2.25. The molecule has 3 nitrogen and oxygen atoms in total. The van der Waals surface area contributed by atoms with Crippen LogP contribution in [0.3, 0.4) is 0 Å². The highest BCUT2D eigenvalue weighted by Gasteiger charge is 2.06. The predicted molar refractivity (Wildman–Crippen MR) is 93.2 cm³/mol. The first kappa shape index (κ1) is 18.1. The van der Waals surface area contributed by atoms with Crippen molar-refractivity contribution in [3.63, 3.8) is 0 Å². The minimum atomic E-state index is 0.609. The maximum atomic E-state index is 8.67. The van der Waals surface area contributed by atoms with Crippen LogP contribution in [0, 0.1) is 37.9 Å². The first-order valence-corrected chi connectivity index (χ1v) is 7.26. The second-order valence-corrected chi connectivity index (χ2v) is 5.21. The summed E-state index contributed by atoms with van der Waals surface area (Å²) in [6.07, 6.45) is 15.1. The Balaban J connectivity index is 3.19. The molecule has 0 radical (unpaired) electrons. The average Bonchev–Trinajstić information content (AvgIpc) is 2.53. The van der Waals surface area contributed by atoms with Gasteiger partial charge in [-0.3, -0.25) is 0 Å². The van der Waals surface area contributed by atoms with Gasteiger partial charge in [0.2, 0.25) is 0 Å². The van der Waals surface area contributed by atoms with E-state index in [2.05, 4.69) is 6.11 Å². The van der Waals surface area contributed by atoms with Crippen molar-refractivity contribution in [2.75, 3.05) is 0 Å². The molecule has 0 N–H and O–H groups in total. The Morgan fingerprint density at radius 3 is 2.30 bits per heavy atom. The first-order valence-electron chi connectivity index (χ1n) is 7.26. The Hall–Kier alpha value is -2.91. The summed E-state index contributed by atoms with van der Waals surface area (Å²) >= 11 is 0. The van der Waals surface area contributed by atoms with Crippen molar-refractivity contribution in [3.05, 3.63) is 57.9 Å². The summed E-state index contributed by atoms with van der Waals surface area (Å²) in [5.74, 6) is 1.29. The van der Waals surface area contributed by atoms with Crippen molar-refractivity contribution in [3.8, 4) is 24.5 Å². The van der Waals surface area contributed by atoms with Crippen molar-refractivity contribution < 1.29 is 9.47 Å². The first-order chi connectivity index (χ1) is 10.9. The SMILES string of the molecule is C#COC(/C(C)=C\C)=C(C)/C=C/c1cc(C)c(OC#N)c(C)c1. The van der Waals surface area contributed by atoms with Crippen molar-refractivity contribution in [2.24, 2.45) is 0 Å². The predicted octanol–water partition coefficient (Wildman–Crippen LogP) is 5.02. The fraction of sp³-hybridized carbons (Fsp3) is 0.250. The van der Waals surface area contributed by atoms with Gasteiger partial charge in [-0.15, -0.1) is 5.26 Å². The van der Waals surface area contributed by atoms with Gasteiger partial charge in [0.05, 0.1) is 0 Å². The minimum Gasteiger partial charge on any atom is -0.407 e. The summed E-state index contributed by atoms with van der Waals surface area (Å²) in [5, 5.41) is 8.67. The molecule has 1 aromatic carbocycles. The summed E-state index contributed by atoms with van der Waals surface area (Å²) in [4.78, 5) is 0. The van der Waals surface area contributed by atoms with Gasteiger partial charge in [0.15, 0.2) is 0 Å². The summed E-state index contributed by atoms with van der Waals surface area (Å²) in [6.45, 7) is 9.66. The Labute approximate surface area is 138 Å². The molecule has 1 aromatic rings. The molecule has 118 valence electrons. The third kappa shape index (κ3) is 4.80. The average molecular weight is 307 g/mol. The van der Waals surface area contributed by atoms with E-state index in [0.717, 1.165) is 27.8 Å². The molecule has 23 heavy (non-hydrogen) atoms. The molecular formula is C20H21NO2. The molecule has 0 saturated heterocycles. The Morgan fingerprint density at radius 2 is 1.83 bits per heavy atom.